The molecule has 2 heterocycles. The molecule has 2 N–H and O–H groups in total. The summed E-state index contributed by atoms with van der Waals surface area (Å²) in [5.41, 5.74) is 5.73. The first kappa shape index (κ1) is 14.0. The fourth-order valence-electron chi connectivity index (χ4n) is 2.38. The summed E-state index contributed by atoms with van der Waals surface area (Å²) in [7, 11) is 0. The van der Waals surface area contributed by atoms with E-state index in [0.717, 1.165) is 13.1 Å². The second kappa shape index (κ2) is 6.01. The van der Waals surface area contributed by atoms with Crippen LogP contribution in [0, 0.1) is 12.8 Å². The Hall–Kier alpha value is -0.0900. The molecule has 0 saturated carbocycles. The van der Waals surface area contributed by atoms with E-state index in [9.17, 15) is 0 Å². The number of halogens is 1. The van der Waals surface area contributed by atoms with Crippen molar-refractivity contribution in [3.8, 4) is 0 Å². The van der Waals surface area contributed by atoms with Gasteiger partial charge in [0, 0.05) is 28.9 Å². The van der Waals surface area contributed by atoms with E-state index in [1.54, 1.807) is 0 Å². The Labute approximate surface area is 108 Å². The van der Waals surface area contributed by atoms with E-state index in [1.165, 1.54) is 22.7 Å². The lowest BCUT2D eigenvalue weighted by Crippen LogP contribution is -2.26. The summed E-state index contributed by atoms with van der Waals surface area (Å²) >= 11 is 1.91. The number of likely N-dealkylation sites (tertiary alicyclic amines) is 1. The molecule has 16 heavy (non-hydrogen) atoms. The van der Waals surface area contributed by atoms with Gasteiger partial charge >= 0.3 is 0 Å². The maximum absolute atomic E-state index is 5.73. The van der Waals surface area contributed by atoms with Gasteiger partial charge < -0.3 is 5.73 Å². The van der Waals surface area contributed by atoms with E-state index < -0.39 is 0 Å². The summed E-state index contributed by atoms with van der Waals surface area (Å²) in [5.74, 6) is 0.709. The molecule has 0 bridgehead atoms. The third kappa shape index (κ3) is 3.20. The third-order valence-electron chi connectivity index (χ3n) is 3.28. The lowest BCUT2D eigenvalue weighted by molar-refractivity contribution is 0.258. The minimum Gasteiger partial charge on any atom is -0.330 e. The summed E-state index contributed by atoms with van der Waals surface area (Å²) < 4.78 is 0. The van der Waals surface area contributed by atoms with Gasteiger partial charge in [0.2, 0.25) is 0 Å². The fraction of sp³-hybridized carbons (Fsp3) is 0.667. The zero-order chi connectivity index (χ0) is 10.8. The molecule has 2 atom stereocenters. The van der Waals surface area contributed by atoms with E-state index in [4.69, 9.17) is 5.73 Å². The van der Waals surface area contributed by atoms with Gasteiger partial charge in [-0.2, -0.15) is 0 Å². The Kier molecular flexibility index (Phi) is 5.25. The molecule has 2 rings (SSSR count). The maximum atomic E-state index is 5.73. The second-order valence-corrected chi connectivity index (χ2v) is 6.00. The quantitative estimate of drug-likeness (QED) is 0.906. The molecule has 4 heteroatoms. The Balaban J connectivity index is 0.00000128. The molecule has 1 aliphatic heterocycles. The van der Waals surface area contributed by atoms with E-state index in [0.29, 0.717) is 12.0 Å². The molecule has 2 unspecified atom stereocenters. The van der Waals surface area contributed by atoms with E-state index >= 15 is 0 Å². The number of hydrogen-bond donors (Lipinski definition) is 1. The first-order valence-corrected chi connectivity index (χ1v) is 6.50. The number of hydrogen-bond acceptors (Lipinski definition) is 3. The summed E-state index contributed by atoms with van der Waals surface area (Å²) in [6.45, 7) is 7.61. The second-order valence-electron chi connectivity index (χ2n) is 4.63. The van der Waals surface area contributed by atoms with Crippen molar-refractivity contribution >= 4 is 23.7 Å². The van der Waals surface area contributed by atoms with Gasteiger partial charge in [0.05, 0.1) is 0 Å². The molecular weight excluding hydrogens is 240 g/mol. The Morgan fingerprint density at radius 3 is 2.75 bits per heavy atom. The molecule has 0 amide bonds. The highest BCUT2D eigenvalue weighted by atomic mass is 35.5. The van der Waals surface area contributed by atoms with Crippen LogP contribution in [0.1, 0.15) is 23.1 Å². The zero-order valence-corrected chi connectivity index (χ0v) is 11.6. The van der Waals surface area contributed by atoms with Crippen molar-refractivity contribution in [2.45, 2.75) is 32.9 Å². The molecule has 1 fully saturated rings. The number of aryl methyl sites for hydroxylation is 1. The molecule has 0 radical (unpaired) electrons. The van der Waals surface area contributed by atoms with Crippen LogP contribution in [-0.4, -0.2) is 24.0 Å². The number of nitrogens with two attached hydrogens (primary N) is 1. The SMILES string of the molecule is Cc1ccc(CN2CC(CN)CC2C)s1.Cl. The van der Waals surface area contributed by atoms with E-state index in [2.05, 4.69) is 30.9 Å². The lowest BCUT2D eigenvalue weighted by atomic mass is 10.1. The van der Waals surface area contributed by atoms with Gasteiger partial charge in [-0.25, -0.2) is 0 Å². The lowest BCUT2D eigenvalue weighted by Gasteiger charge is -2.19. The predicted octanol–water partition coefficient (Wildman–Crippen LogP) is 2.65. The van der Waals surface area contributed by atoms with Crippen LogP contribution >= 0.6 is 23.7 Å². The molecule has 1 saturated heterocycles. The maximum Gasteiger partial charge on any atom is 0.0330 e. The summed E-state index contributed by atoms with van der Waals surface area (Å²) in [6, 6.07) is 5.16. The van der Waals surface area contributed by atoms with Crippen molar-refractivity contribution in [1.29, 1.82) is 0 Å². The topological polar surface area (TPSA) is 29.3 Å². The molecule has 0 spiro atoms. The monoisotopic (exact) mass is 260 g/mol. The van der Waals surface area contributed by atoms with Gasteiger partial charge in [-0.3, -0.25) is 4.90 Å². The molecular formula is C12H21ClN2S. The summed E-state index contributed by atoms with van der Waals surface area (Å²) in [5, 5.41) is 0. The number of thiophene rings is 1. The van der Waals surface area contributed by atoms with Crippen molar-refractivity contribution in [3.63, 3.8) is 0 Å². The van der Waals surface area contributed by atoms with E-state index in [-0.39, 0.29) is 12.4 Å². The normalized spacial score (nSPS) is 25.7. The van der Waals surface area contributed by atoms with Crippen LogP contribution < -0.4 is 5.73 Å². The van der Waals surface area contributed by atoms with Gasteiger partial charge in [-0.05, 0) is 44.9 Å². The van der Waals surface area contributed by atoms with Crippen molar-refractivity contribution in [1.82, 2.24) is 4.90 Å². The highest BCUT2D eigenvalue weighted by molar-refractivity contribution is 7.11. The van der Waals surface area contributed by atoms with Gasteiger partial charge in [0.1, 0.15) is 0 Å². The minimum absolute atomic E-state index is 0. The Bertz CT molecular complexity index is 327. The first-order valence-electron chi connectivity index (χ1n) is 5.68. The summed E-state index contributed by atoms with van der Waals surface area (Å²) in [4.78, 5) is 5.45. The van der Waals surface area contributed by atoms with Crippen LogP contribution in [0.2, 0.25) is 0 Å². The average Bonchev–Trinajstić information content (AvgIpc) is 2.75. The molecule has 1 aliphatic rings. The summed E-state index contributed by atoms with van der Waals surface area (Å²) in [6.07, 6.45) is 1.26. The Morgan fingerprint density at radius 2 is 2.25 bits per heavy atom. The van der Waals surface area contributed by atoms with Gasteiger partial charge in [-0.15, -0.1) is 23.7 Å². The molecule has 1 aromatic heterocycles. The van der Waals surface area contributed by atoms with Gasteiger partial charge in [-0.1, -0.05) is 0 Å². The molecule has 92 valence electrons. The van der Waals surface area contributed by atoms with Gasteiger partial charge in [0.25, 0.3) is 0 Å². The van der Waals surface area contributed by atoms with Crippen molar-refractivity contribution < 1.29 is 0 Å². The largest absolute Gasteiger partial charge is 0.330 e. The van der Waals surface area contributed by atoms with Crippen LogP contribution in [0.25, 0.3) is 0 Å². The number of rotatable bonds is 3. The fourth-order valence-corrected chi connectivity index (χ4v) is 3.30. The molecule has 0 aliphatic carbocycles. The smallest absolute Gasteiger partial charge is 0.0330 e. The number of nitrogens with zero attached hydrogens (tertiary/aromatic N) is 1. The van der Waals surface area contributed by atoms with Crippen molar-refractivity contribution in [3.05, 3.63) is 21.9 Å². The highest BCUT2D eigenvalue weighted by Gasteiger charge is 2.27. The minimum atomic E-state index is 0. The van der Waals surface area contributed by atoms with Crippen LogP contribution in [0.4, 0.5) is 0 Å². The van der Waals surface area contributed by atoms with Crippen LogP contribution in [0.15, 0.2) is 12.1 Å². The third-order valence-corrected chi connectivity index (χ3v) is 4.26. The van der Waals surface area contributed by atoms with Crippen LogP contribution in [0.5, 0.6) is 0 Å². The van der Waals surface area contributed by atoms with Crippen molar-refractivity contribution in [2.24, 2.45) is 11.7 Å². The molecule has 2 nitrogen and oxygen atoms in total. The molecule has 0 aromatic carbocycles. The Morgan fingerprint density at radius 1 is 1.50 bits per heavy atom. The van der Waals surface area contributed by atoms with E-state index in [1.807, 2.05) is 11.3 Å². The first-order chi connectivity index (χ1) is 7.19. The zero-order valence-electron chi connectivity index (χ0n) is 9.98. The van der Waals surface area contributed by atoms with Crippen molar-refractivity contribution in [2.75, 3.05) is 13.1 Å². The average molecular weight is 261 g/mol. The predicted molar refractivity (Wildman–Crippen MR) is 73.3 cm³/mol. The van der Waals surface area contributed by atoms with Gasteiger partial charge in [0.15, 0.2) is 0 Å². The standard InChI is InChI=1S/C12H20N2S.ClH/c1-9-5-11(6-13)7-14(9)8-12-4-3-10(2)15-12;/h3-4,9,11H,5-8,13H2,1-2H3;1H. The molecule has 1 aromatic rings. The van der Waals surface area contributed by atoms with Crippen LogP contribution in [0.3, 0.4) is 0 Å². The van der Waals surface area contributed by atoms with Crippen LogP contribution in [-0.2, 0) is 6.54 Å². The highest BCUT2D eigenvalue weighted by Crippen LogP contribution is 2.26.